The standard InChI is InChI=1S/C25H29NO4/c1-3-4-19-6-8-20(9-7-19)29-17-24(28)26-13-11-25(12-14-26)16-22(27)21-15-18(2)5-10-23(21)30-25/h5-10,15H,3-4,11-14,16-17H2,1-2H3. The topological polar surface area (TPSA) is 55.8 Å². The molecule has 2 heterocycles. The van der Waals surface area contributed by atoms with Crippen LogP contribution in [0.4, 0.5) is 0 Å². The summed E-state index contributed by atoms with van der Waals surface area (Å²) in [6.45, 7) is 5.31. The average molecular weight is 408 g/mol. The van der Waals surface area contributed by atoms with Gasteiger partial charge in [-0.3, -0.25) is 9.59 Å². The van der Waals surface area contributed by atoms with Gasteiger partial charge in [-0.2, -0.15) is 0 Å². The number of amides is 1. The summed E-state index contributed by atoms with van der Waals surface area (Å²) in [5.41, 5.74) is 2.52. The molecule has 1 saturated heterocycles. The van der Waals surface area contributed by atoms with Crippen LogP contribution in [0.5, 0.6) is 11.5 Å². The van der Waals surface area contributed by atoms with Crippen LogP contribution in [0.25, 0.3) is 0 Å². The fraction of sp³-hybridized carbons (Fsp3) is 0.440. The smallest absolute Gasteiger partial charge is 0.260 e. The molecule has 158 valence electrons. The highest BCUT2D eigenvalue weighted by atomic mass is 16.5. The second kappa shape index (κ2) is 8.50. The molecule has 30 heavy (non-hydrogen) atoms. The Bertz CT molecular complexity index is 927. The van der Waals surface area contributed by atoms with Crippen LogP contribution in [0.3, 0.4) is 0 Å². The summed E-state index contributed by atoms with van der Waals surface area (Å²) in [5.74, 6) is 1.49. The van der Waals surface area contributed by atoms with Crippen molar-refractivity contribution < 1.29 is 19.1 Å². The molecule has 1 fully saturated rings. The van der Waals surface area contributed by atoms with E-state index in [1.807, 2.05) is 54.3 Å². The molecule has 5 heteroatoms. The van der Waals surface area contributed by atoms with Crippen molar-refractivity contribution in [2.45, 2.75) is 51.6 Å². The molecule has 4 rings (SSSR count). The van der Waals surface area contributed by atoms with Crippen LogP contribution in [0, 0.1) is 6.92 Å². The molecule has 0 atom stereocenters. The van der Waals surface area contributed by atoms with E-state index in [9.17, 15) is 9.59 Å². The number of piperidine rings is 1. The van der Waals surface area contributed by atoms with Crippen LogP contribution >= 0.6 is 0 Å². The Morgan fingerprint density at radius 2 is 1.87 bits per heavy atom. The second-order valence-corrected chi connectivity index (χ2v) is 8.45. The summed E-state index contributed by atoms with van der Waals surface area (Å²) in [5, 5.41) is 0. The molecule has 0 saturated carbocycles. The van der Waals surface area contributed by atoms with Gasteiger partial charge >= 0.3 is 0 Å². The highest BCUT2D eigenvalue weighted by molar-refractivity contribution is 6.00. The molecule has 2 aliphatic heterocycles. The molecule has 0 aliphatic carbocycles. The van der Waals surface area contributed by atoms with Crippen molar-refractivity contribution in [1.29, 1.82) is 0 Å². The third-order valence-electron chi connectivity index (χ3n) is 6.10. The number of carbonyl (C=O) groups is 2. The van der Waals surface area contributed by atoms with Gasteiger partial charge < -0.3 is 14.4 Å². The second-order valence-electron chi connectivity index (χ2n) is 8.45. The van der Waals surface area contributed by atoms with Gasteiger partial charge in [-0.1, -0.05) is 37.1 Å². The lowest BCUT2D eigenvalue weighted by Crippen LogP contribution is -2.53. The maximum absolute atomic E-state index is 12.7. The molecule has 0 radical (unpaired) electrons. The fourth-order valence-electron chi connectivity index (χ4n) is 4.33. The van der Waals surface area contributed by atoms with E-state index in [4.69, 9.17) is 9.47 Å². The minimum atomic E-state index is -0.494. The van der Waals surface area contributed by atoms with E-state index < -0.39 is 5.60 Å². The monoisotopic (exact) mass is 407 g/mol. The lowest BCUT2D eigenvalue weighted by molar-refractivity contribution is -0.136. The minimum absolute atomic E-state index is 0.0272. The number of benzene rings is 2. The molecule has 2 aromatic rings. The number of ketones is 1. The zero-order chi connectivity index (χ0) is 21.1. The van der Waals surface area contributed by atoms with E-state index in [1.54, 1.807) is 0 Å². The SMILES string of the molecule is CCCc1ccc(OCC(=O)N2CCC3(CC2)CC(=O)c2cc(C)ccc2O3)cc1. The third kappa shape index (κ3) is 4.35. The average Bonchev–Trinajstić information content (AvgIpc) is 2.74. The molecule has 5 nitrogen and oxygen atoms in total. The Morgan fingerprint density at radius 1 is 1.13 bits per heavy atom. The van der Waals surface area contributed by atoms with Gasteiger partial charge in [0.25, 0.3) is 5.91 Å². The molecule has 0 bridgehead atoms. The van der Waals surface area contributed by atoms with Gasteiger partial charge in [0.2, 0.25) is 0 Å². The first-order chi connectivity index (χ1) is 14.5. The normalized spacial score (nSPS) is 17.4. The minimum Gasteiger partial charge on any atom is -0.486 e. The lowest BCUT2D eigenvalue weighted by atomic mass is 9.82. The third-order valence-corrected chi connectivity index (χ3v) is 6.10. The van der Waals surface area contributed by atoms with Crippen molar-refractivity contribution in [2.24, 2.45) is 0 Å². The quantitative estimate of drug-likeness (QED) is 0.739. The van der Waals surface area contributed by atoms with Crippen molar-refractivity contribution in [3.63, 3.8) is 0 Å². The van der Waals surface area contributed by atoms with E-state index >= 15 is 0 Å². The van der Waals surface area contributed by atoms with Crippen molar-refractivity contribution in [3.05, 3.63) is 59.2 Å². The van der Waals surface area contributed by atoms with Crippen molar-refractivity contribution in [3.8, 4) is 11.5 Å². The van der Waals surface area contributed by atoms with Crippen molar-refractivity contribution >= 4 is 11.7 Å². The Kier molecular flexibility index (Phi) is 5.80. The number of aryl methyl sites for hydroxylation is 2. The number of hydrogen-bond donors (Lipinski definition) is 0. The summed E-state index contributed by atoms with van der Waals surface area (Å²) >= 11 is 0. The van der Waals surface area contributed by atoms with Crippen LogP contribution in [0.1, 0.15) is 54.1 Å². The summed E-state index contributed by atoms with van der Waals surface area (Å²) in [4.78, 5) is 27.1. The van der Waals surface area contributed by atoms with E-state index in [0.717, 1.165) is 18.4 Å². The highest BCUT2D eigenvalue weighted by Crippen LogP contribution is 2.39. The number of hydrogen-bond acceptors (Lipinski definition) is 4. The first-order valence-electron chi connectivity index (χ1n) is 10.8. The van der Waals surface area contributed by atoms with Crippen LogP contribution in [0.15, 0.2) is 42.5 Å². The van der Waals surface area contributed by atoms with Gasteiger partial charge in [-0.25, -0.2) is 0 Å². The Labute approximate surface area is 178 Å². The molecule has 1 amide bonds. The molecule has 0 N–H and O–H groups in total. The number of likely N-dealkylation sites (tertiary alicyclic amines) is 1. The number of rotatable bonds is 5. The van der Waals surface area contributed by atoms with Crippen LogP contribution in [-0.2, 0) is 11.2 Å². The fourth-order valence-corrected chi connectivity index (χ4v) is 4.33. The van der Waals surface area contributed by atoms with E-state index in [-0.39, 0.29) is 18.3 Å². The number of Topliss-reactive ketones (excluding diaryl/α,β-unsaturated/α-hetero) is 1. The first-order valence-corrected chi connectivity index (χ1v) is 10.8. The zero-order valence-corrected chi connectivity index (χ0v) is 17.8. The van der Waals surface area contributed by atoms with Gasteiger partial charge in [0.05, 0.1) is 12.0 Å². The Hall–Kier alpha value is -2.82. The predicted octanol–water partition coefficient (Wildman–Crippen LogP) is 4.35. The van der Waals surface area contributed by atoms with Gasteiger partial charge in [-0.05, 0) is 43.2 Å². The summed E-state index contributed by atoms with van der Waals surface area (Å²) < 4.78 is 12.0. The maximum atomic E-state index is 12.7. The van der Waals surface area contributed by atoms with Crippen LogP contribution in [0.2, 0.25) is 0 Å². The van der Waals surface area contributed by atoms with Crippen molar-refractivity contribution in [1.82, 2.24) is 4.90 Å². The van der Waals surface area contributed by atoms with Gasteiger partial charge in [0.15, 0.2) is 12.4 Å². The summed E-state index contributed by atoms with van der Waals surface area (Å²) in [6, 6.07) is 13.7. The maximum Gasteiger partial charge on any atom is 0.260 e. The molecule has 2 aliphatic rings. The van der Waals surface area contributed by atoms with Gasteiger partial charge in [0, 0.05) is 25.9 Å². The number of carbonyl (C=O) groups excluding carboxylic acids is 2. The van der Waals surface area contributed by atoms with Crippen LogP contribution in [-0.4, -0.2) is 41.9 Å². The van der Waals surface area contributed by atoms with Gasteiger partial charge in [-0.15, -0.1) is 0 Å². The summed E-state index contributed by atoms with van der Waals surface area (Å²) in [6.07, 6.45) is 3.85. The Morgan fingerprint density at radius 3 is 2.57 bits per heavy atom. The van der Waals surface area contributed by atoms with Gasteiger partial charge in [0.1, 0.15) is 17.1 Å². The van der Waals surface area contributed by atoms with E-state index in [1.165, 1.54) is 5.56 Å². The number of nitrogens with zero attached hydrogens (tertiary/aromatic N) is 1. The Balaban J connectivity index is 1.31. The highest BCUT2D eigenvalue weighted by Gasteiger charge is 2.43. The molecule has 2 aromatic carbocycles. The lowest BCUT2D eigenvalue weighted by Gasteiger charge is -2.44. The first kappa shape index (κ1) is 20.5. The van der Waals surface area contributed by atoms with E-state index in [0.29, 0.717) is 49.4 Å². The molecule has 1 spiro atoms. The predicted molar refractivity (Wildman–Crippen MR) is 115 cm³/mol. The number of fused-ring (bicyclic) bond motifs is 1. The largest absolute Gasteiger partial charge is 0.486 e. The zero-order valence-electron chi connectivity index (χ0n) is 17.8. The van der Waals surface area contributed by atoms with Crippen molar-refractivity contribution in [2.75, 3.05) is 19.7 Å². The molecular weight excluding hydrogens is 378 g/mol. The van der Waals surface area contributed by atoms with Crippen LogP contribution < -0.4 is 9.47 Å². The molecule has 0 unspecified atom stereocenters. The summed E-state index contributed by atoms with van der Waals surface area (Å²) in [7, 11) is 0. The van der Waals surface area contributed by atoms with E-state index in [2.05, 4.69) is 6.92 Å². The molecular formula is C25H29NO4. The number of ether oxygens (including phenoxy) is 2. The molecule has 0 aromatic heterocycles.